The lowest BCUT2D eigenvalue weighted by Crippen LogP contribution is -2.34. The zero-order chi connectivity index (χ0) is 13.7. The quantitative estimate of drug-likeness (QED) is 0.814. The molecule has 19 heavy (non-hydrogen) atoms. The Hall–Kier alpha value is -1.51. The minimum atomic E-state index is 0.262. The van der Waals surface area contributed by atoms with E-state index < -0.39 is 0 Å². The largest absolute Gasteiger partial charge is 0.497 e. The van der Waals surface area contributed by atoms with E-state index in [0.717, 1.165) is 30.7 Å². The predicted molar refractivity (Wildman–Crippen MR) is 76.0 cm³/mol. The van der Waals surface area contributed by atoms with Crippen molar-refractivity contribution in [2.75, 3.05) is 13.7 Å². The maximum Gasteiger partial charge on any atom is 0.225 e. The molecule has 0 N–H and O–H groups in total. The zero-order valence-electron chi connectivity index (χ0n) is 11.9. The van der Waals surface area contributed by atoms with Gasteiger partial charge in [0.25, 0.3) is 0 Å². The van der Waals surface area contributed by atoms with Gasteiger partial charge in [-0.15, -0.1) is 0 Å². The molecule has 0 heterocycles. The fourth-order valence-electron chi connectivity index (χ4n) is 2.73. The van der Waals surface area contributed by atoms with E-state index in [1.54, 1.807) is 7.11 Å². The van der Waals surface area contributed by atoms with Crippen molar-refractivity contribution in [3.05, 3.63) is 29.8 Å². The third-order valence-electron chi connectivity index (χ3n) is 3.93. The van der Waals surface area contributed by atoms with Gasteiger partial charge in [-0.2, -0.15) is 0 Å². The Morgan fingerprint density at radius 2 is 1.89 bits per heavy atom. The fourth-order valence-corrected chi connectivity index (χ4v) is 2.73. The van der Waals surface area contributed by atoms with Crippen LogP contribution in [0.1, 0.15) is 38.2 Å². The van der Waals surface area contributed by atoms with Gasteiger partial charge in [-0.05, 0) is 37.5 Å². The van der Waals surface area contributed by atoms with Crippen LogP contribution in [0.25, 0.3) is 0 Å². The number of benzene rings is 1. The van der Waals surface area contributed by atoms with E-state index in [-0.39, 0.29) is 5.92 Å². The van der Waals surface area contributed by atoms with Gasteiger partial charge < -0.3 is 9.64 Å². The van der Waals surface area contributed by atoms with Crippen molar-refractivity contribution in [1.82, 2.24) is 4.90 Å². The first-order valence-corrected chi connectivity index (χ1v) is 7.16. The third-order valence-corrected chi connectivity index (χ3v) is 3.93. The normalized spacial score (nSPS) is 15.5. The van der Waals surface area contributed by atoms with Crippen LogP contribution in [0.15, 0.2) is 24.3 Å². The van der Waals surface area contributed by atoms with E-state index in [1.165, 1.54) is 12.8 Å². The molecule has 1 aliphatic rings. The molecular formula is C16H23NO2. The first-order chi connectivity index (χ1) is 9.24. The van der Waals surface area contributed by atoms with Crippen LogP contribution < -0.4 is 4.74 Å². The summed E-state index contributed by atoms with van der Waals surface area (Å²) in [6.07, 6.45) is 4.54. The van der Waals surface area contributed by atoms with Crippen molar-refractivity contribution in [3.8, 4) is 5.75 Å². The van der Waals surface area contributed by atoms with Crippen LogP contribution in [0.3, 0.4) is 0 Å². The molecule has 0 bridgehead atoms. The standard InChI is InChI=1S/C16H23NO2/c1-3-17(16(18)14-6-4-5-7-14)12-13-8-10-15(19-2)11-9-13/h8-11,14H,3-7,12H2,1-2H3. The lowest BCUT2D eigenvalue weighted by atomic mass is 10.1. The van der Waals surface area contributed by atoms with E-state index >= 15 is 0 Å². The summed E-state index contributed by atoms with van der Waals surface area (Å²) >= 11 is 0. The van der Waals surface area contributed by atoms with Crippen LogP contribution in [0.2, 0.25) is 0 Å². The predicted octanol–water partition coefficient (Wildman–Crippen LogP) is 3.23. The molecule has 3 nitrogen and oxygen atoms in total. The van der Waals surface area contributed by atoms with Crippen LogP contribution in [-0.4, -0.2) is 24.5 Å². The highest BCUT2D eigenvalue weighted by Gasteiger charge is 2.26. The highest BCUT2D eigenvalue weighted by molar-refractivity contribution is 5.79. The molecule has 1 aliphatic carbocycles. The van der Waals surface area contributed by atoms with E-state index in [0.29, 0.717) is 12.5 Å². The number of carbonyl (C=O) groups is 1. The Morgan fingerprint density at radius 1 is 1.26 bits per heavy atom. The summed E-state index contributed by atoms with van der Waals surface area (Å²) < 4.78 is 5.15. The number of methoxy groups -OCH3 is 1. The van der Waals surface area contributed by atoms with Crippen LogP contribution in [0, 0.1) is 5.92 Å². The Balaban J connectivity index is 1.99. The molecule has 104 valence electrons. The lowest BCUT2D eigenvalue weighted by Gasteiger charge is -2.24. The van der Waals surface area contributed by atoms with Gasteiger partial charge in [0.15, 0.2) is 0 Å². The smallest absolute Gasteiger partial charge is 0.225 e. The van der Waals surface area contributed by atoms with Crippen LogP contribution in [0.5, 0.6) is 5.75 Å². The van der Waals surface area contributed by atoms with Gasteiger partial charge in [-0.1, -0.05) is 25.0 Å². The first-order valence-electron chi connectivity index (χ1n) is 7.16. The van der Waals surface area contributed by atoms with Gasteiger partial charge >= 0.3 is 0 Å². The summed E-state index contributed by atoms with van der Waals surface area (Å²) in [6.45, 7) is 3.54. The van der Waals surface area contributed by atoms with Gasteiger partial charge in [0, 0.05) is 19.0 Å². The molecule has 0 radical (unpaired) electrons. The van der Waals surface area contributed by atoms with Crippen molar-refractivity contribution >= 4 is 5.91 Å². The molecule has 1 amide bonds. The third kappa shape index (κ3) is 3.49. The van der Waals surface area contributed by atoms with Gasteiger partial charge in [0.2, 0.25) is 5.91 Å². The molecule has 2 rings (SSSR count). The summed E-state index contributed by atoms with van der Waals surface area (Å²) in [6, 6.07) is 7.96. The average molecular weight is 261 g/mol. The van der Waals surface area contributed by atoms with Gasteiger partial charge in [-0.3, -0.25) is 4.79 Å². The summed E-state index contributed by atoms with van der Waals surface area (Å²) in [5, 5.41) is 0. The van der Waals surface area contributed by atoms with E-state index in [1.807, 2.05) is 29.2 Å². The average Bonchev–Trinajstić information content (AvgIpc) is 2.99. The monoisotopic (exact) mass is 261 g/mol. The van der Waals surface area contributed by atoms with Crippen LogP contribution >= 0.6 is 0 Å². The molecular weight excluding hydrogens is 238 g/mol. The maximum atomic E-state index is 12.4. The molecule has 0 spiro atoms. The summed E-state index contributed by atoms with van der Waals surface area (Å²) in [5.41, 5.74) is 1.16. The Kier molecular flexibility index (Phi) is 4.83. The van der Waals surface area contributed by atoms with Gasteiger partial charge in [0.1, 0.15) is 5.75 Å². The second-order valence-electron chi connectivity index (χ2n) is 5.18. The Morgan fingerprint density at radius 3 is 2.42 bits per heavy atom. The molecule has 0 atom stereocenters. The number of rotatable bonds is 5. The van der Waals surface area contributed by atoms with Crippen LogP contribution in [-0.2, 0) is 11.3 Å². The molecule has 1 aromatic rings. The highest BCUT2D eigenvalue weighted by atomic mass is 16.5. The number of hydrogen-bond donors (Lipinski definition) is 0. The number of nitrogens with zero attached hydrogens (tertiary/aromatic N) is 1. The number of ether oxygens (including phenoxy) is 1. The lowest BCUT2D eigenvalue weighted by molar-refractivity contribution is -0.135. The van der Waals surface area contributed by atoms with Crippen molar-refractivity contribution in [2.45, 2.75) is 39.2 Å². The maximum absolute atomic E-state index is 12.4. The number of hydrogen-bond acceptors (Lipinski definition) is 2. The highest BCUT2D eigenvalue weighted by Crippen LogP contribution is 2.27. The van der Waals surface area contributed by atoms with E-state index in [9.17, 15) is 4.79 Å². The van der Waals surface area contributed by atoms with Crippen molar-refractivity contribution < 1.29 is 9.53 Å². The summed E-state index contributed by atoms with van der Waals surface area (Å²) in [4.78, 5) is 14.4. The number of carbonyl (C=O) groups excluding carboxylic acids is 1. The zero-order valence-corrected chi connectivity index (χ0v) is 11.9. The van der Waals surface area contributed by atoms with E-state index in [4.69, 9.17) is 4.74 Å². The van der Waals surface area contributed by atoms with Crippen LogP contribution in [0.4, 0.5) is 0 Å². The van der Waals surface area contributed by atoms with Gasteiger partial charge in [-0.25, -0.2) is 0 Å². The molecule has 1 aromatic carbocycles. The fraction of sp³-hybridized carbons (Fsp3) is 0.562. The molecule has 0 aliphatic heterocycles. The summed E-state index contributed by atoms with van der Waals surface area (Å²) in [7, 11) is 1.66. The molecule has 0 saturated heterocycles. The molecule has 0 unspecified atom stereocenters. The second kappa shape index (κ2) is 6.60. The molecule has 0 aromatic heterocycles. The molecule has 3 heteroatoms. The number of amides is 1. The minimum Gasteiger partial charge on any atom is -0.497 e. The van der Waals surface area contributed by atoms with Crippen molar-refractivity contribution in [3.63, 3.8) is 0 Å². The van der Waals surface area contributed by atoms with Crippen molar-refractivity contribution in [2.24, 2.45) is 5.92 Å². The van der Waals surface area contributed by atoms with Gasteiger partial charge in [0.05, 0.1) is 7.11 Å². The topological polar surface area (TPSA) is 29.5 Å². The Labute approximate surface area is 115 Å². The molecule has 1 fully saturated rings. The van der Waals surface area contributed by atoms with Crippen molar-refractivity contribution in [1.29, 1.82) is 0 Å². The first kappa shape index (κ1) is 13.9. The second-order valence-corrected chi connectivity index (χ2v) is 5.18. The Bertz CT molecular complexity index is 407. The SMILES string of the molecule is CCN(Cc1ccc(OC)cc1)C(=O)C1CCCC1. The summed E-state index contributed by atoms with van der Waals surface area (Å²) in [5.74, 6) is 1.45. The molecule has 1 saturated carbocycles. The minimum absolute atomic E-state index is 0.262. The van der Waals surface area contributed by atoms with E-state index in [2.05, 4.69) is 6.92 Å².